The molecule has 0 radical (unpaired) electrons. The van der Waals surface area contributed by atoms with Crippen LogP contribution in [0.4, 0.5) is 11.5 Å². The zero-order chi connectivity index (χ0) is 25.9. The van der Waals surface area contributed by atoms with Gasteiger partial charge in [-0.05, 0) is 55.3 Å². The lowest BCUT2D eigenvalue weighted by Gasteiger charge is -2.16. The number of phenols is 1. The van der Waals surface area contributed by atoms with Gasteiger partial charge in [0.1, 0.15) is 5.75 Å². The minimum Gasteiger partial charge on any atom is -0.508 e. The van der Waals surface area contributed by atoms with Crippen LogP contribution in [-0.2, 0) is 27.2 Å². The summed E-state index contributed by atoms with van der Waals surface area (Å²) in [5.74, 6) is 0.527. The number of aliphatic hydroxyl groups is 1. The van der Waals surface area contributed by atoms with Crippen molar-refractivity contribution in [3.05, 3.63) is 66.0 Å². The molecule has 0 fully saturated rings. The Labute approximate surface area is 207 Å². The first-order chi connectivity index (χ1) is 17.1. The van der Waals surface area contributed by atoms with Gasteiger partial charge in [0, 0.05) is 17.8 Å². The van der Waals surface area contributed by atoms with Crippen molar-refractivity contribution < 1.29 is 33.9 Å². The van der Waals surface area contributed by atoms with Crippen molar-refractivity contribution in [3.63, 3.8) is 0 Å². The standard InChI is InChI=1S/C22H23N5O7P2/c1-2-34-21-25-19(24-16-8-6-15(7-9-16)22(29,35-30)36(31,32)33)18-20(26-21)27(13-23-18)11-10-14-4-3-5-17(28)12-14/h3-9,12-13,28-29H,2,10-11H2,1H3,(H,24,25,26)(H2,31,32,33)/p+1. The van der Waals surface area contributed by atoms with Crippen LogP contribution < -0.4 is 10.1 Å². The molecule has 0 amide bonds. The van der Waals surface area contributed by atoms with E-state index < -0.39 is 21.1 Å². The Kier molecular flexibility index (Phi) is 7.35. The summed E-state index contributed by atoms with van der Waals surface area (Å²) >= 11 is 0. The van der Waals surface area contributed by atoms with E-state index in [0.29, 0.717) is 42.2 Å². The van der Waals surface area contributed by atoms with Gasteiger partial charge in [-0.25, -0.2) is 4.98 Å². The van der Waals surface area contributed by atoms with Gasteiger partial charge in [-0.15, -0.1) is 0 Å². The van der Waals surface area contributed by atoms with Crippen LogP contribution >= 0.6 is 16.1 Å². The number of nitrogens with zero attached hydrogens (tertiary/aromatic N) is 4. The molecule has 2 heterocycles. The zero-order valence-corrected chi connectivity index (χ0v) is 21.0. The van der Waals surface area contributed by atoms with Crippen LogP contribution in [0.1, 0.15) is 18.1 Å². The van der Waals surface area contributed by atoms with Crippen molar-refractivity contribution in [2.75, 3.05) is 11.9 Å². The highest BCUT2D eigenvalue weighted by Gasteiger charge is 2.56. The first-order valence-electron chi connectivity index (χ1n) is 10.8. The van der Waals surface area contributed by atoms with E-state index in [1.54, 1.807) is 31.5 Å². The first-order valence-corrected chi connectivity index (χ1v) is 13.3. The summed E-state index contributed by atoms with van der Waals surface area (Å²) in [6.07, 6.45) is 2.25. The Bertz CT molecular complexity index is 1440. The minimum atomic E-state index is -5.10. The second-order valence-corrected chi connectivity index (χ2v) is 10.9. The molecule has 0 saturated carbocycles. The van der Waals surface area contributed by atoms with Gasteiger partial charge < -0.3 is 34.6 Å². The number of aryl methyl sites for hydroxylation is 2. The Balaban J connectivity index is 1.64. The maximum Gasteiger partial charge on any atom is 0.412 e. The predicted octanol–water partition coefficient (Wildman–Crippen LogP) is 3.22. The third-order valence-corrected chi connectivity index (χ3v) is 8.21. The molecule has 2 aromatic heterocycles. The molecular weight excluding hydrogens is 508 g/mol. The number of benzene rings is 2. The molecule has 4 aromatic rings. The van der Waals surface area contributed by atoms with Crippen molar-refractivity contribution in [3.8, 4) is 11.8 Å². The fraction of sp³-hybridized carbons (Fsp3) is 0.227. The predicted molar refractivity (Wildman–Crippen MR) is 133 cm³/mol. The van der Waals surface area contributed by atoms with E-state index in [4.69, 9.17) is 4.74 Å². The lowest BCUT2D eigenvalue weighted by molar-refractivity contribution is 0.168. The summed E-state index contributed by atoms with van der Waals surface area (Å²) in [4.78, 5) is 32.1. The molecule has 12 nitrogen and oxygen atoms in total. The number of nitrogens with one attached hydrogen (secondary N) is 1. The van der Waals surface area contributed by atoms with Gasteiger partial charge in [0.25, 0.3) is 0 Å². The molecule has 36 heavy (non-hydrogen) atoms. The number of aromatic hydroxyl groups is 1. The normalized spacial score (nSPS) is 13.6. The van der Waals surface area contributed by atoms with Crippen molar-refractivity contribution in [2.24, 2.45) is 0 Å². The van der Waals surface area contributed by atoms with Crippen LogP contribution in [0.2, 0.25) is 0 Å². The summed E-state index contributed by atoms with van der Waals surface area (Å²) in [7, 11) is -6.76. The Hall–Kier alpha value is -3.40. The van der Waals surface area contributed by atoms with E-state index in [1.807, 2.05) is 10.6 Å². The molecule has 2 unspecified atom stereocenters. The van der Waals surface area contributed by atoms with E-state index in [-0.39, 0.29) is 17.3 Å². The third-order valence-electron chi connectivity index (χ3n) is 5.38. The monoisotopic (exact) mass is 532 g/mol. The van der Waals surface area contributed by atoms with Crippen LogP contribution in [0.15, 0.2) is 54.9 Å². The zero-order valence-electron chi connectivity index (χ0n) is 19.1. The molecule has 0 aliphatic rings. The molecular formula is C22H24N5O7P2+. The highest BCUT2D eigenvalue weighted by Crippen LogP contribution is 2.61. The van der Waals surface area contributed by atoms with Crippen molar-refractivity contribution in [2.45, 2.75) is 25.0 Å². The highest BCUT2D eigenvalue weighted by atomic mass is 31.2. The van der Waals surface area contributed by atoms with Crippen LogP contribution in [0.25, 0.3) is 11.2 Å². The van der Waals surface area contributed by atoms with Gasteiger partial charge in [0.05, 0.1) is 12.9 Å². The van der Waals surface area contributed by atoms with Gasteiger partial charge in [0.15, 0.2) is 17.0 Å². The van der Waals surface area contributed by atoms with Gasteiger partial charge >= 0.3 is 27.1 Å². The van der Waals surface area contributed by atoms with Crippen molar-refractivity contribution >= 4 is 38.7 Å². The molecule has 0 saturated heterocycles. The van der Waals surface area contributed by atoms with E-state index >= 15 is 0 Å². The topological polar surface area (TPSA) is 180 Å². The molecule has 0 bridgehead atoms. The molecule has 2 atom stereocenters. The minimum absolute atomic E-state index is 0.131. The summed E-state index contributed by atoms with van der Waals surface area (Å²) in [6.45, 7) is 2.68. The largest absolute Gasteiger partial charge is 0.508 e. The number of rotatable bonds is 10. The lowest BCUT2D eigenvalue weighted by atomic mass is 10.1. The molecule has 2 aromatic carbocycles. The quantitative estimate of drug-likeness (QED) is 0.189. The maximum atomic E-state index is 11.7. The average Bonchev–Trinajstić information content (AvgIpc) is 3.25. The smallest absolute Gasteiger partial charge is 0.412 e. The van der Waals surface area contributed by atoms with E-state index in [0.717, 1.165) is 5.56 Å². The number of aromatic nitrogens is 4. The van der Waals surface area contributed by atoms with Crippen molar-refractivity contribution in [1.29, 1.82) is 0 Å². The van der Waals surface area contributed by atoms with Gasteiger partial charge in [-0.3, -0.25) is 4.57 Å². The van der Waals surface area contributed by atoms with E-state index in [1.165, 1.54) is 24.3 Å². The number of hydrogen-bond donors (Lipinski definition) is 5. The Morgan fingerprint density at radius 2 is 1.92 bits per heavy atom. The number of anilines is 2. The van der Waals surface area contributed by atoms with E-state index in [2.05, 4.69) is 20.3 Å². The number of fused-ring (bicyclic) bond motifs is 1. The molecule has 4 rings (SSSR count). The number of phenolic OH excluding ortho intramolecular Hbond substituents is 1. The Morgan fingerprint density at radius 3 is 2.56 bits per heavy atom. The number of ether oxygens (including phenoxy) is 1. The van der Waals surface area contributed by atoms with Gasteiger partial charge in [-0.2, -0.15) is 9.97 Å². The summed E-state index contributed by atoms with van der Waals surface area (Å²) in [5, 5.41) is 20.2. The number of imidazole rings is 1. The molecule has 14 heteroatoms. The molecule has 0 spiro atoms. The molecule has 188 valence electrons. The lowest BCUT2D eigenvalue weighted by Crippen LogP contribution is -2.18. The van der Waals surface area contributed by atoms with Crippen molar-refractivity contribution in [1.82, 2.24) is 19.5 Å². The molecule has 0 aliphatic heterocycles. The fourth-order valence-corrected chi connectivity index (χ4v) is 4.79. The summed E-state index contributed by atoms with van der Waals surface area (Å²) < 4.78 is 30.4. The maximum absolute atomic E-state index is 11.7. The van der Waals surface area contributed by atoms with E-state index in [9.17, 15) is 29.1 Å². The van der Waals surface area contributed by atoms with Crippen LogP contribution in [0.3, 0.4) is 0 Å². The molecule has 0 aliphatic carbocycles. The number of hydrogen-bond acceptors (Lipinski definition) is 9. The Morgan fingerprint density at radius 1 is 1.17 bits per heavy atom. The van der Waals surface area contributed by atoms with Crippen LogP contribution in [0, 0.1) is 0 Å². The summed E-state index contributed by atoms with van der Waals surface area (Å²) in [5.41, 5.74) is 2.22. The van der Waals surface area contributed by atoms with Gasteiger partial charge in [0.2, 0.25) is 0 Å². The fourth-order valence-electron chi connectivity index (χ4n) is 3.54. The van der Waals surface area contributed by atoms with Crippen LogP contribution in [-0.4, -0.2) is 46.1 Å². The third kappa shape index (κ3) is 5.23. The first kappa shape index (κ1) is 25.7. The molecule has 5 N–H and O–H groups in total. The summed E-state index contributed by atoms with van der Waals surface area (Å²) in [6, 6.07) is 12.6. The SMILES string of the molecule is CCOc1nc(Nc2ccc(C(O)([PH+]=O)P(=O)(O)O)cc2)c2ncn(CCc3cccc(O)c3)c2n1. The van der Waals surface area contributed by atoms with Gasteiger partial charge in [-0.1, -0.05) is 16.7 Å². The second-order valence-electron chi connectivity index (χ2n) is 7.84. The van der Waals surface area contributed by atoms with Crippen LogP contribution in [0.5, 0.6) is 11.8 Å². The average molecular weight is 532 g/mol. The highest BCUT2D eigenvalue weighted by molar-refractivity contribution is 7.62. The second kappa shape index (κ2) is 10.3.